The van der Waals surface area contributed by atoms with Crippen molar-refractivity contribution in [1.82, 2.24) is 0 Å². The van der Waals surface area contributed by atoms with Gasteiger partial charge in [0.2, 0.25) is 0 Å². The fraction of sp³-hybridized carbons (Fsp3) is 0.944. The van der Waals surface area contributed by atoms with Crippen molar-refractivity contribution in [2.24, 2.45) is 11.8 Å². The number of carbonyl (C=O) groups is 3. The molecule has 0 spiro atoms. The van der Waals surface area contributed by atoms with E-state index in [2.05, 4.69) is 34.6 Å². The number of hydrogen-bond donors (Lipinski definition) is 0. The summed E-state index contributed by atoms with van der Waals surface area (Å²) in [6.45, 7) is 11.4. The van der Waals surface area contributed by atoms with Gasteiger partial charge in [0.05, 0.1) is 0 Å². The molecule has 6 nitrogen and oxygen atoms in total. The molecule has 0 rings (SSSR count). The zero-order valence-corrected chi connectivity index (χ0v) is 41.1. The van der Waals surface area contributed by atoms with Crippen LogP contribution in [0.2, 0.25) is 0 Å². The summed E-state index contributed by atoms with van der Waals surface area (Å²) >= 11 is 0. The number of hydrogen-bond acceptors (Lipinski definition) is 6. The molecule has 0 N–H and O–H groups in total. The summed E-state index contributed by atoms with van der Waals surface area (Å²) in [7, 11) is 0. The lowest BCUT2D eigenvalue weighted by molar-refractivity contribution is -0.167. The lowest BCUT2D eigenvalue weighted by atomic mass is 10.0. The molecule has 0 unspecified atom stereocenters. The summed E-state index contributed by atoms with van der Waals surface area (Å²) in [4.78, 5) is 37.8. The Bertz CT molecular complexity index is 916. The molecule has 0 heterocycles. The SMILES string of the molecule is CCCCCCCCCC(=O)O[C@@H](COC(=O)CCCCCCCCCCCCCCCCCCCCC(C)C)COC(=O)CCCCCCCCCCCCCC(C)C. The van der Waals surface area contributed by atoms with E-state index < -0.39 is 6.10 Å². The van der Waals surface area contributed by atoms with Crippen molar-refractivity contribution in [3.8, 4) is 0 Å². The number of rotatable bonds is 48. The van der Waals surface area contributed by atoms with Crippen molar-refractivity contribution >= 4 is 17.9 Å². The lowest BCUT2D eigenvalue weighted by Crippen LogP contribution is -2.30. The molecule has 0 saturated carbocycles. The minimum atomic E-state index is -0.760. The van der Waals surface area contributed by atoms with Crippen LogP contribution in [0.15, 0.2) is 0 Å². The molecule has 1 atom stereocenters. The van der Waals surface area contributed by atoms with Crippen LogP contribution in [0.3, 0.4) is 0 Å². The van der Waals surface area contributed by atoms with E-state index in [1.165, 1.54) is 186 Å². The summed E-state index contributed by atoms with van der Waals surface area (Å²) in [5.41, 5.74) is 0. The monoisotopic (exact) mass is 849 g/mol. The molecule has 0 aliphatic rings. The van der Waals surface area contributed by atoms with Crippen LogP contribution in [0.5, 0.6) is 0 Å². The number of unbranched alkanes of at least 4 members (excludes halogenated alkanes) is 33. The molecule has 0 bridgehead atoms. The zero-order chi connectivity index (χ0) is 44.0. The topological polar surface area (TPSA) is 78.9 Å². The molecule has 0 aliphatic carbocycles. The maximum absolute atomic E-state index is 12.7. The van der Waals surface area contributed by atoms with Gasteiger partial charge < -0.3 is 14.2 Å². The summed E-state index contributed by atoms with van der Waals surface area (Å²) in [5, 5.41) is 0. The average Bonchev–Trinajstić information content (AvgIpc) is 3.22. The van der Waals surface area contributed by atoms with Crippen molar-refractivity contribution in [1.29, 1.82) is 0 Å². The Morgan fingerprint density at radius 2 is 0.550 bits per heavy atom. The minimum Gasteiger partial charge on any atom is -0.462 e. The highest BCUT2D eigenvalue weighted by atomic mass is 16.6. The molecule has 0 radical (unpaired) electrons. The molecule has 0 saturated heterocycles. The van der Waals surface area contributed by atoms with Gasteiger partial charge in [0.25, 0.3) is 0 Å². The van der Waals surface area contributed by atoms with Crippen LogP contribution < -0.4 is 0 Å². The fourth-order valence-corrected chi connectivity index (χ4v) is 8.17. The van der Waals surface area contributed by atoms with E-state index in [9.17, 15) is 14.4 Å². The largest absolute Gasteiger partial charge is 0.462 e. The summed E-state index contributed by atoms with van der Waals surface area (Å²) in [6, 6.07) is 0. The highest BCUT2D eigenvalue weighted by molar-refractivity contribution is 5.71. The van der Waals surface area contributed by atoms with Gasteiger partial charge in [-0.25, -0.2) is 0 Å². The number of carbonyl (C=O) groups excluding carboxylic acids is 3. The average molecular weight is 849 g/mol. The Balaban J connectivity index is 4.10. The van der Waals surface area contributed by atoms with Gasteiger partial charge in [-0.3, -0.25) is 14.4 Å². The first kappa shape index (κ1) is 58.4. The summed E-state index contributed by atoms with van der Waals surface area (Å²) in [5.74, 6) is 0.833. The molecule has 0 aromatic carbocycles. The molecular weight excluding hydrogens is 745 g/mol. The van der Waals surface area contributed by atoms with Gasteiger partial charge in [0.15, 0.2) is 6.10 Å². The van der Waals surface area contributed by atoms with Crippen LogP contribution in [-0.2, 0) is 28.6 Å². The van der Waals surface area contributed by atoms with Gasteiger partial charge in [0, 0.05) is 19.3 Å². The minimum absolute atomic E-state index is 0.0640. The van der Waals surface area contributed by atoms with Crippen LogP contribution in [-0.4, -0.2) is 37.2 Å². The van der Waals surface area contributed by atoms with Gasteiger partial charge in [-0.05, 0) is 31.1 Å². The molecule has 6 heteroatoms. The fourth-order valence-electron chi connectivity index (χ4n) is 8.17. The van der Waals surface area contributed by atoms with Crippen molar-refractivity contribution in [2.45, 2.75) is 304 Å². The summed E-state index contributed by atoms with van der Waals surface area (Å²) in [6.07, 6.45) is 48.3. The van der Waals surface area contributed by atoms with Crippen molar-refractivity contribution in [3.63, 3.8) is 0 Å². The lowest BCUT2D eigenvalue weighted by Gasteiger charge is -2.18. The molecular formula is C54H104O6. The summed E-state index contributed by atoms with van der Waals surface area (Å²) < 4.78 is 16.8. The van der Waals surface area contributed by atoms with E-state index in [0.29, 0.717) is 19.3 Å². The Morgan fingerprint density at radius 1 is 0.317 bits per heavy atom. The van der Waals surface area contributed by atoms with Gasteiger partial charge in [-0.1, -0.05) is 259 Å². The van der Waals surface area contributed by atoms with E-state index in [0.717, 1.165) is 69.6 Å². The first-order valence-electron chi connectivity index (χ1n) is 26.7. The standard InChI is InChI=1S/C54H104O6/c1-6-7-8-9-27-36-41-46-54(57)60-51(48-59-53(56)45-40-35-31-26-22-18-20-24-29-33-38-43-50(4)5)47-58-52(55)44-39-34-30-25-21-17-15-13-11-10-12-14-16-19-23-28-32-37-42-49(2)3/h49-51H,6-48H2,1-5H3/t51-/m0/s1. The quantitative estimate of drug-likeness (QED) is 0.0345. The van der Waals surface area contributed by atoms with E-state index >= 15 is 0 Å². The zero-order valence-electron chi connectivity index (χ0n) is 41.1. The second-order valence-electron chi connectivity index (χ2n) is 19.5. The third kappa shape index (κ3) is 47.5. The van der Waals surface area contributed by atoms with E-state index in [1.807, 2.05) is 0 Å². The van der Waals surface area contributed by atoms with Crippen molar-refractivity contribution in [3.05, 3.63) is 0 Å². The molecule has 0 fully saturated rings. The molecule has 356 valence electrons. The Hall–Kier alpha value is -1.59. The van der Waals surface area contributed by atoms with Crippen LogP contribution in [0.4, 0.5) is 0 Å². The molecule has 60 heavy (non-hydrogen) atoms. The van der Waals surface area contributed by atoms with Gasteiger partial charge >= 0.3 is 17.9 Å². The van der Waals surface area contributed by atoms with Crippen LogP contribution >= 0.6 is 0 Å². The Kier molecular flexibility index (Phi) is 45.7. The Labute approximate surface area is 374 Å². The normalized spacial score (nSPS) is 12.1. The van der Waals surface area contributed by atoms with Crippen LogP contribution in [0, 0.1) is 11.8 Å². The van der Waals surface area contributed by atoms with Crippen LogP contribution in [0.25, 0.3) is 0 Å². The third-order valence-electron chi connectivity index (χ3n) is 12.2. The van der Waals surface area contributed by atoms with Crippen molar-refractivity contribution < 1.29 is 28.6 Å². The van der Waals surface area contributed by atoms with Crippen LogP contribution in [0.1, 0.15) is 298 Å². The van der Waals surface area contributed by atoms with Gasteiger partial charge in [-0.15, -0.1) is 0 Å². The predicted octanol–water partition coefficient (Wildman–Crippen LogP) is 17.3. The van der Waals surface area contributed by atoms with E-state index in [4.69, 9.17) is 14.2 Å². The third-order valence-corrected chi connectivity index (χ3v) is 12.2. The number of esters is 3. The van der Waals surface area contributed by atoms with Gasteiger partial charge in [0.1, 0.15) is 13.2 Å². The van der Waals surface area contributed by atoms with E-state index in [1.54, 1.807) is 0 Å². The molecule has 0 amide bonds. The second kappa shape index (κ2) is 46.9. The Morgan fingerprint density at radius 3 is 0.817 bits per heavy atom. The first-order valence-corrected chi connectivity index (χ1v) is 26.7. The first-order chi connectivity index (χ1) is 29.2. The van der Waals surface area contributed by atoms with Gasteiger partial charge in [-0.2, -0.15) is 0 Å². The highest BCUT2D eigenvalue weighted by Crippen LogP contribution is 2.18. The van der Waals surface area contributed by atoms with E-state index in [-0.39, 0.29) is 31.1 Å². The molecule has 0 aliphatic heterocycles. The maximum Gasteiger partial charge on any atom is 0.306 e. The van der Waals surface area contributed by atoms with Crippen molar-refractivity contribution in [2.75, 3.05) is 13.2 Å². The molecule has 0 aromatic rings. The smallest absolute Gasteiger partial charge is 0.306 e. The maximum atomic E-state index is 12.7. The predicted molar refractivity (Wildman–Crippen MR) is 256 cm³/mol. The molecule has 0 aromatic heterocycles. The highest BCUT2D eigenvalue weighted by Gasteiger charge is 2.19. The second-order valence-corrected chi connectivity index (χ2v) is 19.5. The number of ether oxygens (including phenoxy) is 3.